The van der Waals surface area contributed by atoms with Crippen molar-refractivity contribution in [2.75, 3.05) is 20.3 Å². The van der Waals surface area contributed by atoms with Gasteiger partial charge in [-0.2, -0.15) is 0 Å². The molecule has 1 rings (SSSR count). The molecule has 0 fully saturated rings. The molecular weight excluding hydrogens is 156 g/mol. The van der Waals surface area contributed by atoms with E-state index in [9.17, 15) is 0 Å². The van der Waals surface area contributed by atoms with Crippen LogP contribution in [0.5, 0.6) is 5.88 Å². The van der Waals surface area contributed by atoms with Crippen molar-refractivity contribution in [2.24, 2.45) is 0 Å². The minimum Gasteiger partial charge on any atom is -0.480 e. The molecule has 0 saturated heterocycles. The van der Waals surface area contributed by atoms with Crippen molar-refractivity contribution < 1.29 is 9.47 Å². The first-order valence-electron chi connectivity index (χ1n) is 4.02. The first kappa shape index (κ1) is 9.06. The average Bonchev–Trinajstić information content (AvgIpc) is 2.53. The molecule has 1 aromatic rings. The quantitative estimate of drug-likeness (QED) is 0.617. The van der Waals surface area contributed by atoms with Gasteiger partial charge in [0.25, 0.3) is 0 Å². The summed E-state index contributed by atoms with van der Waals surface area (Å²) in [7, 11) is 1.61. The van der Waals surface area contributed by atoms with Gasteiger partial charge >= 0.3 is 0 Å². The van der Waals surface area contributed by atoms with Crippen LogP contribution in [0.4, 0.5) is 0 Å². The maximum absolute atomic E-state index is 5.18. The van der Waals surface area contributed by atoms with E-state index in [-0.39, 0.29) is 0 Å². The monoisotopic (exact) mass is 170 g/mol. The Kier molecular flexibility index (Phi) is 3.60. The summed E-state index contributed by atoms with van der Waals surface area (Å²) in [5.74, 6) is 0.645. The summed E-state index contributed by atoms with van der Waals surface area (Å²) in [4.78, 5) is 0. The molecule has 0 aliphatic rings. The predicted molar refractivity (Wildman–Crippen MR) is 45.3 cm³/mol. The molecule has 4 heteroatoms. The summed E-state index contributed by atoms with van der Waals surface area (Å²) in [5.41, 5.74) is 0. The largest absolute Gasteiger partial charge is 0.480 e. The number of hydrogen-bond donors (Lipinski definition) is 0. The van der Waals surface area contributed by atoms with Crippen molar-refractivity contribution in [1.29, 1.82) is 0 Å². The molecule has 0 amide bonds. The summed E-state index contributed by atoms with van der Waals surface area (Å²) in [6.07, 6.45) is 1.87. The topological polar surface area (TPSA) is 36.3 Å². The van der Waals surface area contributed by atoms with Crippen LogP contribution in [-0.4, -0.2) is 30.1 Å². The van der Waals surface area contributed by atoms with Gasteiger partial charge in [-0.1, -0.05) is 0 Å². The fraction of sp³-hybridized carbons (Fsp3) is 0.625. The molecule has 0 bridgehead atoms. The fourth-order valence-electron chi connectivity index (χ4n) is 0.879. The van der Waals surface area contributed by atoms with E-state index in [1.807, 2.05) is 19.2 Å². The van der Waals surface area contributed by atoms with Gasteiger partial charge in [-0.05, 0) is 6.92 Å². The van der Waals surface area contributed by atoms with Gasteiger partial charge < -0.3 is 9.47 Å². The highest BCUT2D eigenvalue weighted by Crippen LogP contribution is 2.03. The summed E-state index contributed by atoms with van der Waals surface area (Å²) in [5, 5.41) is 4.11. The van der Waals surface area contributed by atoms with Gasteiger partial charge in [0.15, 0.2) is 0 Å². The number of methoxy groups -OCH3 is 1. The highest BCUT2D eigenvalue weighted by atomic mass is 16.5. The van der Waals surface area contributed by atoms with Gasteiger partial charge in [-0.25, -0.2) is 0 Å². The molecule has 0 atom stereocenters. The van der Waals surface area contributed by atoms with Crippen LogP contribution in [0.2, 0.25) is 0 Å². The molecule has 1 heterocycles. The van der Waals surface area contributed by atoms with Crippen molar-refractivity contribution in [1.82, 2.24) is 9.78 Å². The Morgan fingerprint density at radius 2 is 2.42 bits per heavy atom. The van der Waals surface area contributed by atoms with Crippen molar-refractivity contribution in [3.05, 3.63) is 12.3 Å². The fourth-order valence-corrected chi connectivity index (χ4v) is 0.879. The van der Waals surface area contributed by atoms with Crippen molar-refractivity contribution in [3.8, 4) is 5.88 Å². The second-order valence-electron chi connectivity index (χ2n) is 2.32. The van der Waals surface area contributed by atoms with E-state index in [1.54, 1.807) is 11.8 Å². The molecule has 0 radical (unpaired) electrons. The highest BCUT2D eigenvalue weighted by Gasteiger charge is 1.96. The zero-order valence-electron chi connectivity index (χ0n) is 7.49. The molecule has 0 unspecified atom stereocenters. The van der Waals surface area contributed by atoms with E-state index in [2.05, 4.69) is 5.10 Å². The lowest BCUT2D eigenvalue weighted by molar-refractivity contribution is 0.136. The van der Waals surface area contributed by atoms with Crippen LogP contribution >= 0.6 is 0 Å². The summed E-state index contributed by atoms with van der Waals surface area (Å²) in [6, 6.07) is 1.83. The number of nitrogens with zero attached hydrogens (tertiary/aromatic N) is 2. The minimum absolute atomic E-state index is 0.645. The Labute approximate surface area is 72.1 Å². The van der Waals surface area contributed by atoms with Gasteiger partial charge in [0, 0.05) is 18.9 Å². The third-order valence-electron chi connectivity index (χ3n) is 1.49. The lowest BCUT2D eigenvalue weighted by atomic mass is 10.6. The predicted octanol–water partition coefficient (Wildman–Crippen LogP) is 0.928. The average molecular weight is 170 g/mol. The molecule has 12 heavy (non-hydrogen) atoms. The van der Waals surface area contributed by atoms with Crippen LogP contribution in [0.15, 0.2) is 12.3 Å². The van der Waals surface area contributed by atoms with Crippen LogP contribution in [0.1, 0.15) is 6.92 Å². The molecule has 0 N–H and O–H groups in total. The molecule has 0 spiro atoms. The second kappa shape index (κ2) is 4.77. The Balaban J connectivity index is 2.31. The van der Waals surface area contributed by atoms with Crippen LogP contribution < -0.4 is 4.74 Å². The van der Waals surface area contributed by atoms with Crippen molar-refractivity contribution in [3.63, 3.8) is 0 Å². The standard InChI is InChI=1S/C8H14N2O2/c1-3-12-7-6-10-5-4-8(9-10)11-2/h4-5H,3,6-7H2,1-2H3. The molecule has 0 aliphatic carbocycles. The van der Waals surface area contributed by atoms with Gasteiger partial charge in [0.1, 0.15) is 0 Å². The Morgan fingerprint density at radius 3 is 3.00 bits per heavy atom. The van der Waals surface area contributed by atoms with Gasteiger partial charge in [-0.3, -0.25) is 4.68 Å². The SMILES string of the molecule is CCOCCn1ccc(OC)n1. The van der Waals surface area contributed by atoms with Gasteiger partial charge in [0.05, 0.1) is 20.3 Å². The van der Waals surface area contributed by atoms with Crippen LogP contribution in [-0.2, 0) is 11.3 Å². The van der Waals surface area contributed by atoms with Crippen LogP contribution in [0.3, 0.4) is 0 Å². The minimum atomic E-state index is 0.645. The number of rotatable bonds is 5. The molecular formula is C8H14N2O2. The molecule has 68 valence electrons. The van der Waals surface area contributed by atoms with Crippen LogP contribution in [0, 0.1) is 0 Å². The first-order chi connectivity index (χ1) is 5.86. The maximum atomic E-state index is 5.18. The normalized spacial score (nSPS) is 10.2. The van der Waals surface area contributed by atoms with E-state index < -0.39 is 0 Å². The molecule has 4 nitrogen and oxygen atoms in total. The lowest BCUT2D eigenvalue weighted by Gasteiger charge is -2.00. The highest BCUT2D eigenvalue weighted by molar-refractivity contribution is 5.04. The Morgan fingerprint density at radius 1 is 1.58 bits per heavy atom. The molecule has 0 aliphatic heterocycles. The zero-order valence-corrected chi connectivity index (χ0v) is 7.49. The number of ether oxygens (including phenoxy) is 2. The third-order valence-corrected chi connectivity index (χ3v) is 1.49. The second-order valence-corrected chi connectivity index (χ2v) is 2.32. The van der Waals surface area contributed by atoms with Crippen LogP contribution in [0.25, 0.3) is 0 Å². The van der Waals surface area contributed by atoms with Crippen molar-refractivity contribution in [2.45, 2.75) is 13.5 Å². The summed E-state index contributed by atoms with van der Waals surface area (Å²) in [6.45, 7) is 4.20. The smallest absolute Gasteiger partial charge is 0.232 e. The Hall–Kier alpha value is -1.03. The van der Waals surface area contributed by atoms with E-state index in [0.29, 0.717) is 12.5 Å². The third kappa shape index (κ3) is 2.54. The Bertz CT molecular complexity index is 223. The first-order valence-corrected chi connectivity index (χ1v) is 4.02. The summed E-state index contributed by atoms with van der Waals surface area (Å²) >= 11 is 0. The summed E-state index contributed by atoms with van der Waals surface area (Å²) < 4.78 is 11.9. The molecule has 0 saturated carbocycles. The van der Waals surface area contributed by atoms with Gasteiger partial charge in [0.2, 0.25) is 5.88 Å². The molecule has 0 aromatic carbocycles. The van der Waals surface area contributed by atoms with E-state index in [0.717, 1.165) is 13.2 Å². The van der Waals surface area contributed by atoms with E-state index in [4.69, 9.17) is 9.47 Å². The number of hydrogen-bond acceptors (Lipinski definition) is 3. The zero-order chi connectivity index (χ0) is 8.81. The van der Waals surface area contributed by atoms with E-state index in [1.165, 1.54) is 0 Å². The van der Waals surface area contributed by atoms with Crippen molar-refractivity contribution >= 4 is 0 Å². The maximum Gasteiger partial charge on any atom is 0.232 e. The molecule has 1 aromatic heterocycles. The number of aromatic nitrogens is 2. The lowest BCUT2D eigenvalue weighted by Crippen LogP contribution is -2.06. The van der Waals surface area contributed by atoms with Gasteiger partial charge in [-0.15, -0.1) is 5.10 Å². The van der Waals surface area contributed by atoms with E-state index >= 15 is 0 Å².